The molecule has 2 aromatic carbocycles. The largest absolute Gasteiger partial charge is 0.361 e. The van der Waals surface area contributed by atoms with Crippen LogP contribution in [0.5, 0.6) is 0 Å². The standard InChI is InChI=1S/C30H40N4O2/c1-34(2)30(24-12-6-4-7-13-24)19-17-25(18-20-30)33-29(36)22-32-28(35)16-8-3-5-11-23-21-31-27-15-10-9-14-26(23)27/h4,6-7,9-10,12-15,21,25,31H,3,5,8,11,16-20,22H2,1-2H3,(H,32,35)(H,33,36). The fourth-order valence-corrected chi connectivity index (χ4v) is 5.64. The molecule has 3 aromatic rings. The van der Waals surface area contributed by atoms with E-state index in [-0.39, 0.29) is 29.9 Å². The number of carbonyl (C=O) groups excluding carboxylic acids is 2. The van der Waals surface area contributed by atoms with Gasteiger partial charge in [-0.05, 0) is 76.2 Å². The van der Waals surface area contributed by atoms with Gasteiger partial charge >= 0.3 is 0 Å². The lowest BCUT2D eigenvalue weighted by Crippen LogP contribution is -2.50. The third-order valence-corrected chi connectivity index (χ3v) is 7.82. The molecule has 3 N–H and O–H groups in total. The minimum Gasteiger partial charge on any atom is -0.361 e. The Morgan fingerprint density at radius 2 is 1.67 bits per heavy atom. The summed E-state index contributed by atoms with van der Waals surface area (Å²) in [5.41, 5.74) is 3.87. The molecule has 2 amide bonds. The number of H-pyrrole nitrogens is 1. The van der Waals surface area contributed by atoms with Crippen LogP contribution in [0.1, 0.15) is 62.5 Å². The zero-order valence-electron chi connectivity index (χ0n) is 21.7. The van der Waals surface area contributed by atoms with Crippen LogP contribution in [0.3, 0.4) is 0 Å². The van der Waals surface area contributed by atoms with Gasteiger partial charge in [0.05, 0.1) is 6.54 Å². The monoisotopic (exact) mass is 488 g/mol. The first kappa shape index (κ1) is 26.0. The van der Waals surface area contributed by atoms with Gasteiger partial charge in [0.15, 0.2) is 0 Å². The number of hydrogen-bond donors (Lipinski definition) is 3. The molecule has 4 rings (SSSR count). The Bertz CT molecular complexity index is 1130. The summed E-state index contributed by atoms with van der Waals surface area (Å²) in [5, 5.41) is 7.21. The summed E-state index contributed by atoms with van der Waals surface area (Å²) < 4.78 is 0. The number of aromatic nitrogens is 1. The van der Waals surface area contributed by atoms with E-state index in [1.54, 1.807) is 0 Å². The van der Waals surface area contributed by atoms with Crippen LogP contribution in [-0.4, -0.2) is 48.4 Å². The van der Waals surface area contributed by atoms with Crippen LogP contribution in [0.4, 0.5) is 0 Å². The highest BCUT2D eigenvalue weighted by Gasteiger charge is 2.38. The van der Waals surface area contributed by atoms with E-state index in [1.807, 2.05) is 6.07 Å². The van der Waals surface area contributed by atoms with Crippen LogP contribution in [0.2, 0.25) is 0 Å². The number of para-hydroxylation sites is 1. The van der Waals surface area contributed by atoms with Crippen molar-refractivity contribution in [1.82, 2.24) is 20.5 Å². The fraction of sp³-hybridized carbons (Fsp3) is 0.467. The predicted octanol–water partition coefficient (Wildman–Crippen LogP) is 4.90. The summed E-state index contributed by atoms with van der Waals surface area (Å²) in [5.74, 6) is -0.138. The molecule has 0 bridgehead atoms. The van der Waals surface area contributed by atoms with Gasteiger partial charge in [0.1, 0.15) is 0 Å². The molecule has 6 nitrogen and oxygen atoms in total. The van der Waals surface area contributed by atoms with Gasteiger partial charge in [-0.2, -0.15) is 0 Å². The van der Waals surface area contributed by atoms with E-state index < -0.39 is 0 Å². The Balaban J connectivity index is 1.11. The number of fused-ring (bicyclic) bond motifs is 1. The summed E-state index contributed by atoms with van der Waals surface area (Å²) >= 11 is 0. The van der Waals surface area contributed by atoms with Gasteiger partial charge in [-0.1, -0.05) is 55.0 Å². The second-order valence-corrected chi connectivity index (χ2v) is 10.3. The van der Waals surface area contributed by atoms with Crippen LogP contribution in [0.25, 0.3) is 10.9 Å². The molecule has 1 aromatic heterocycles. The highest BCUT2D eigenvalue weighted by atomic mass is 16.2. The first-order valence-corrected chi connectivity index (χ1v) is 13.3. The fourth-order valence-electron chi connectivity index (χ4n) is 5.64. The zero-order valence-corrected chi connectivity index (χ0v) is 21.7. The van der Waals surface area contributed by atoms with Crippen molar-refractivity contribution in [1.29, 1.82) is 0 Å². The maximum Gasteiger partial charge on any atom is 0.239 e. The number of hydrogen-bond acceptors (Lipinski definition) is 3. The van der Waals surface area contributed by atoms with Crippen LogP contribution >= 0.6 is 0 Å². The first-order valence-electron chi connectivity index (χ1n) is 13.3. The number of amides is 2. The number of aromatic amines is 1. The molecule has 1 aliphatic rings. The molecule has 1 heterocycles. The molecule has 1 fully saturated rings. The van der Waals surface area contributed by atoms with Crippen molar-refractivity contribution >= 4 is 22.7 Å². The zero-order chi connectivity index (χ0) is 25.4. The molecule has 0 radical (unpaired) electrons. The van der Waals surface area contributed by atoms with E-state index in [4.69, 9.17) is 0 Å². The van der Waals surface area contributed by atoms with Crippen molar-refractivity contribution in [2.24, 2.45) is 0 Å². The molecule has 1 aliphatic carbocycles. The number of nitrogens with zero attached hydrogens (tertiary/aromatic N) is 1. The smallest absolute Gasteiger partial charge is 0.239 e. The highest BCUT2D eigenvalue weighted by Crippen LogP contribution is 2.41. The molecule has 192 valence electrons. The van der Waals surface area contributed by atoms with Gasteiger partial charge in [0, 0.05) is 35.1 Å². The summed E-state index contributed by atoms with van der Waals surface area (Å²) in [4.78, 5) is 30.3. The van der Waals surface area contributed by atoms with E-state index in [0.717, 1.165) is 51.4 Å². The minimum absolute atomic E-state index is 0.0188. The summed E-state index contributed by atoms with van der Waals surface area (Å²) in [6.07, 6.45) is 10.3. The average Bonchev–Trinajstić information content (AvgIpc) is 3.31. The molecule has 0 aliphatic heterocycles. The van der Waals surface area contributed by atoms with Crippen molar-refractivity contribution in [3.05, 3.63) is 71.9 Å². The van der Waals surface area contributed by atoms with Crippen molar-refractivity contribution in [2.75, 3.05) is 20.6 Å². The third kappa shape index (κ3) is 6.35. The molecule has 6 heteroatoms. The summed E-state index contributed by atoms with van der Waals surface area (Å²) in [6, 6.07) is 19.2. The van der Waals surface area contributed by atoms with E-state index in [1.165, 1.54) is 22.0 Å². The van der Waals surface area contributed by atoms with Gasteiger partial charge in [0.2, 0.25) is 11.8 Å². The van der Waals surface area contributed by atoms with Gasteiger partial charge < -0.3 is 15.6 Å². The van der Waals surface area contributed by atoms with Crippen LogP contribution in [-0.2, 0) is 21.5 Å². The Labute approximate surface area is 214 Å². The van der Waals surface area contributed by atoms with Crippen LogP contribution in [0.15, 0.2) is 60.8 Å². The number of unbranched alkanes of at least 4 members (excludes halogenated alkanes) is 2. The van der Waals surface area contributed by atoms with Gasteiger partial charge in [-0.15, -0.1) is 0 Å². The Morgan fingerprint density at radius 1 is 0.944 bits per heavy atom. The van der Waals surface area contributed by atoms with Crippen molar-refractivity contribution in [3.63, 3.8) is 0 Å². The molecule has 1 saturated carbocycles. The topological polar surface area (TPSA) is 77.2 Å². The lowest BCUT2D eigenvalue weighted by molar-refractivity contribution is -0.126. The first-order chi connectivity index (χ1) is 17.5. The van der Waals surface area contributed by atoms with Crippen LogP contribution < -0.4 is 10.6 Å². The van der Waals surface area contributed by atoms with Gasteiger partial charge in [-0.25, -0.2) is 0 Å². The van der Waals surface area contributed by atoms with E-state index in [0.29, 0.717) is 6.42 Å². The Hall–Kier alpha value is -3.12. The molecular weight excluding hydrogens is 448 g/mol. The van der Waals surface area contributed by atoms with Crippen molar-refractivity contribution in [2.45, 2.75) is 69.4 Å². The SMILES string of the molecule is CN(C)C1(c2ccccc2)CCC(NC(=O)CNC(=O)CCCCCc2c[nH]c3ccccc23)CC1. The Morgan fingerprint density at radius 3 is 2.42 bits per heavy atom. The quantitative estimate of drug-likeness (QED) is 0.336. The lowest BCUT2D eigenvalue weighted by Gasteiger charge is -2.45. The second-order valence-electron chi connectivity index (χ2n) is 10.3. The Kier molecular flexibility index (Phi) is 8.81. The lowest BCUT2D eigenvalue weighted by atomic mass is 9.74. The van der Waals surface area contributed by atoms with Crippen molar-refractivity contribution < 1.29 is 9.59 Å². The normalized spacial score (nSPS) is 19.9. The van der Waals surface area contributed by atoms with Gasteiger partial charge in [0.25, 0.3) is 0 Å². The van der Waals surface area contributed by atoms with Gasteiger partial charge in [-0.3, -0.25) is 14.5 Å². The summed E-state index contributed by atoms with van der Waals surface area (Å²) in [7, 11) is 4.29. The molecule has 0 saturated heterocycles. The summed E-state index contributed by atoms with van der Waals surface area (Å²) in [6.45, 7) is 0.0577. The number of aryl methyl sites for hydroxylation is 1. The number of nitrogens with one attached hydrogen (secondary N) is 3. The van der Waals surface area contributed by atoms with Crippen molar-refractivity contribution in [3.8, 4) is 0 Å². The molecular formula is C30H40N4O2. The second kappa shape index (κ2) is 12.2. The van der Waals surface area contributed by atoms with E-state index in [2.05, 4.69) is 89.3 Å². The number of benzene rings is 2. The molecule has 0 unspecified atom stereocenters. The molecule has 0 atom stereocenters. The highest BCUT2D eigenvalue weighted by molar-refractivity contribution is 5.85. The molecule has 36 heavy (non-hydrogen) atoms. The number of carbonyl (C=O) groups is 2. The van der Waals surface area contributed by atoms with E-state index >= 15 is 0 Å². The average molecular weight is 489 g/mol. The maximum absolute atomic E-state index is 12.5. The predicted molar refractivity (Wildman–Crippen MR) is 146 cm³/mol. The number of rotatable bonds is 11. The maximum atomic E-state index is 12.5. The molecule has 0 spiro atoms. The van der Waals surface area contributed by atoms with E-state index in [9.17, 15) is 9.59 Å². The van der Waals surface area contributed by atoms with Crippen LogP contribution in [0, 0.1) is 0 Å². The third-order valence-electron chi connectivity index (χ3n) is 7.82. The minimum atomic E-state index is -0.0928.